The summed E-state index contributed by atoms with van der Waals surface area (Å²) in [4.78, 5) is 6.92. The maximum Gasteiger partial charge on any atom is 0.243 e. The summed E-state index contributed by atoms with van der Waals surface area (Å²) in [5.74, 6) is 0.387. The van der Waals surface area contributed by atoms with Crippen LogP contribution in [0.3, 0.4) is 0 Å². The van der Waals surface area contributed by atoms with Crippen LogP contribution in [0.5, 0.6) is 0 Å². The van der Waals surface area contributed by atoms with Crippen LogP contribution in [0, 0.1) is 5.92 Å². The summed E-state index contributed by atoms with van der Waals surface area (Å²) in [6.07, 6.45) is 5.39. The van der Waals surface area contributed by atoms with Crippen molar-refractivity contribution in [1.82, 2.24) is 14.2 Å². The molecule has 0 spiro atoms. The van der Waals surface area contributed by atoms with Crippen LogP contribution in [-0.4, -0.2) is 49.3 Å². The van der Waals surface area contributed by atoms with E-state index in [1.54, 1.807) is 37.6 Å². The van der Waals surface area contributed by atoms with Gasteiger partial charge in [0.1, 0.15) is 0 Å². The number of rotatable bonds is 6. The molecule has 0 radical (unpaired) electrons. The van der Waals surface area contributed by atoms with Gasteiger partial charge in [-0.05, 0) is 49.5 Å². The van der Waals surface area contributed by atoms with Crippen molar-refractivity contribution in [2.75, 3.05) is 26.7 Å². The zero-order valence-corrected chi connectivity index (χ0v) is 17.6. The van der Waals surface area contributed by atoms with Crippen LogP contribution in [0.15, 0.2) is 71.9 Å². The molecular weight excluding hydrogens is 382 g/mol. The van der Waals surface area contributed by atoms with Gasteiger partial charge < -0.3 is 0 Å². The molecule has 0 aliphatic carbocycles. The lowest BCUT2D eigenvalue weighted by Crippen LogP contribution is -2.39. The van der Waals surface area contributed by atoms with Crippen molar-refractivity contribution in [3.63, 3.8) is 0 Å². The van der Waals surface area contributed by atoms with E-state index in [0.29, 0.717) is 17.4 Å². The van der Waals surface area contributed by atoms with Crippen molar-refractivity contribution in [2.45, 2.75) is 24.3 Å². The van der Waals surface area contributed by atoms with Gasteiger partial charge in [-0.15, -0.1) is 0 Å². The molecule has 152 valence electrons. The average Bonchev–Trinajstić information content (AvgIpc) is 2.75. The number of nitrogens with zero attached hydrogens (tertiary/aromatic N) is 3. The van der Waals surface area contributed by atoms with E-state index in [2.05, 4.69) is 34.1 Å². The Balaban J connectivity index is 1.40. The van der Waals surface area contributed by atoms with Gasteiger partial charge in [0.05, 0.1) is 4.90 Å². The number of likely N-dealkylation sites (tertiary alicyclic amines) is 1. The summed E-state index contributed by atoms with van der Waals surface area (Å²) < 4.78 is 28.0. The average molecular weight is 410 g/mol. The molecule has 1 aliphatic heterocycles. The van der Waals surface area contributed by atoms with Crippen molar-refractivity contribution in [1.29, 1.82) is 0 Å². The molecule has 3 aromatic rings. The van der Waals surface area contributed by atoms with Crippen molar-refractivity contribution in [3.05, 3.63) is 72.6 Å². The molecule has 1 saturated heterocycles. The van der Waals surface area contributed by atoms with Crippen LogP contribution in [-0.2, 0) is 16.6 Å². The quantitative estimate of drug-likeness (QED) is 0.622. The lowest BCUT2D eigenvalue weighted by atomic mass is 9.96. The van der Waals surface area contributed by atoms with E-state index < -0.39 is 10.0 Å². The standard InChI is InChI=1S/C23H27N3O2S/c1-25(29(27,28)23-9-5-8-21-16-24-13-10-22(21)23)17-20-11-14-26(15-12-20)18-19-6-3-2-4-7-19/h2-10,13,16,20H,11-12,14-15,17-18H2,1H3. The predicted molar refractivity (Wildman–Crippen MR) is 116 cm³/mol. The Kier molecular flexibility index (Phi) is 5.94. The predicted octanol–water partition coefficient (Wildman–Crippen LogP) is 3.77. The van der Waals surface area contributed by atoms with Crippen LogP contribution in [0.25, 0.3) is 10.8 Å². The molecule has 0 bridgehead atoms. The Bertz CT molecular complexity index is 1060. The monoisotopic (exact) mass is 409 g/mol. The topological polar surface area (TPSA) is 53.5 Å². The van der Waals surface area contributed by atoms with Crippen molar-refractivity contribution < 1.29 is 8.42 Å². The first-order valence-electron chi connectivity index (χ1n) is 10.1. The number of sulfonamides is 1. The summed E-state index contributed by atoms with van der Waals surface area (Å²) >= 11 is 0. The van der Waals surface area contributed by atoms with Gasteiger partial charge in [0.25, 0.3) is 0 Å². The van der Waals surface area contributed by atoms with E-state index in [1.807, 2.05) is 12.1 Å². The molecule has 4 rings (SSSR count). The first-order valence-corrected chi connectivity index (χ1v) is 11.5. The minimum absolute atomic E-state index is 0.362. The summed E-state index contributed by atoms with van der Waals surface area (Å²) in [6.45, 7) is 3.54. The van der Waals surface area contributed by atoms with Gasteiger partial charge in [-0.3, -0.25) is 9.88 Å². The lowest BCUT2D eigenvalue weighted by Gasteiger charge is -2.33. The normalized spacial score (nSPS) is 16.5. The highest BCUT2D eigenvalue weighted by Gasteiger charge is 2.27. The fourth-order valence-corrected chi connectivity index (χ4v) is 5.57. The van der Waals surface area contributed by atoms with Crippen molar-refractivity contribution in [2.24, 2.45) is 5.92 Å². The second kappa shape index (κ2) is 8.61. The largest absolute Gasteiger partial charge is 0.299 e. The molecule has 6 heteroatoms. The zero-order valence-electron chi connectivity index (χ0n) is 16.7. The molecule has 0 saturated carbocycles. The number of pyridine rings is 1. The van der Waals surface area contributed by atoms with Gasteiger partial charge in [0, 0.05) is 43.3 Å². The molecule has 1 aromatic heterocycles. The smallest absolute Gasteiger partial charge is 0.243 e. The van der Waals surface area contributed by atoms with E-state index in [1.165, 1.54) is 9.87 Å². The number of hydrogen-bond acceptors (Lipinski definition) is 4. The molecule has 0 amide bonds. The number of piperidine rings is 1. The van der Waals surface area contributed by atoms with Crippen LogP contribution in [0.1, 0.15) is 18.4 Å². The van der Waals surface area contributed by atoms with Crippen LogP contribution >= 0.6 is 0 Å². The summed E-state index contributed by atoms with van der Waals surface area (Å²) in [5.41, 5.74) is 1.33. The highest BCUT2D eigenvalue weighted by Crippen LogP contribution is 2.27. The van der Waals surface area contributed by atoms with Crippen molar-refractivity contribution in [3.8, 4) is 0 Å². The fourth-order valence-electron chi connectivity index (χ4n) is 4.12. The highest BCUT2D eigenvalue weighted by atomic mass is 32.2. The molecule has 2 heterocycles. The maximum atomic E-state index is 13.2. The Labute approximate surface area is 173 Å². The van der Waals surface area contributed by atoms with Crippen LogP contribution in [0.2, 0.25) is 0 Å². The highest BCUT2D eigenvalue weighted by molar-refractivity contribution is 7.89. The van der Waals surface area contributed by atoms with Gasteiger partial charge in [-0.25, -0.2) is 12.7 Å². The molecule has 29 heavy (non-hydrogen) atoms. The van der Waals surface area contributed by atoms with Crippen LogP contribution < -0.4 is 0 Å². The van der Waals surface area contributed by atoms with Gasteiger partial charge in [0.15, 0.2) is 0 Å². The zero-order chi connectivity index (χ0) is 20.3. The second-order valence-electron chi connectivity index (χ2n) is 7.84. The Morgan fingerprint density at radius 3 is 2.55 bits per heavy atom. The molecule has 0 unspecified atom stereocenters. The molecule has 5 nitrogen and oxygen atoms in total. The van der Waals surface area contributed by atoms with Gasteiger partial charge >= 0.3 is 0 Å². The maximum absolute atomic E-state index is 13.2. The SMILES string of the molecule is CN(CC1CCN(Cc2ccccc2)CC1)S(=O)(=O)c1cccc2cnccc12. The molecular formula is C23H27N3O2S. The third-order valence-electron chi connectivity index (χ3n) is 5.80. The Morgan fingerprint density at radius 2 is 1.79 bits per heavy atom. The molecule has 2 aromatic carbocycles. The van der Waals surface area contributed by atoms with Crippen LogP contribution in [0.4, 0.5) is 0 Å². The van der Waals surface area contributed by atoms with Gasteiger partial charge in [0.2, 0.25) is 10.0 Å². The minimum atomic E-state index is -3.54. The number of hydrogen-bond donors (Lipinski definition) is 0. The summed E-state index contributed by atoms with van der Waals surface area (Å²) in [5, 5.41) is 1.57. The molecule has 0 N–H and O–H groups in total. The molecule has 1 aliphatic rings. The Morgan fingerprint density at radius 1 is 1.03 bits per heavy atom. The number of aromatic nitrogens is 1. The first kappa shape index (κ1) is 20.0. The minimum Gasteiger partial charge on any atom is -0.299 e. The fraction of sp³-hybridized carbons (Fsp3) is 0.348. The second-order valence-corrected chi connectivity index (χ2v) is 9.86. The third kappa shape index (κ3) is 4.50. The number of benzene rings is 2. The van der Waals surface area contributed by atoms with E-state index >= 15 is 0 Å². The molecule has 0 atom stereocenters. The summed E-state index contributed by atoms with van der Waals surface area (Å²) in [6, 6.07) is 17.7. The van der Waals surface area contributed by atoms with E-state index in [4.69, 9.17) is 0 Å². The van der Waals surface area contributed by atoms with E-state index in [-0.39, 0.29) is 0 Å². The van der Waals surface area contributed by atoms with Gasteiger partial charge in [-0.1, -0.05) is 42.5 Å². The first-order chi connectivity index (χ1) is 14.0. The molecule has 1 fully saturated rings. The Hall–Kier alpha value is -2.28. The third-order valence-corrected chi connectivity index (χ3v) is 7.68. The summed E-state index contributed by atoms with van der Waals surface area (Å²) in [7, 11) is -1.83. The van der Waals surface area contributed by atoms with Crippen molar-refractivity contribution >= 4 is 20.8 Å². The lowest BCUT2D eigenvalue weighted by molar-refractivity contribution is 0.166. The number of fused-ring (bicyclic) bond motifs is 1. The van der Waals surface area contributed by atoms with E-state index in [9.17, 15) is 8.42 Å². The van der Waals surface area contributed by atoms with E-state index in [0.717, 1.165) is 43.2 Å². The van der Waals surface area contributed by atoms with Gasteiger partial charge in [-0.2, -0.15) is 0 Å².